The van der Waals surface area contributed by atoms with Crippen molar-refractivity contribution in [3.8, 4) is 6.07 Å². The zero-order chi connectivity index (χ0) is 25.7. The lowest BCUT2D eigenvalue weighted by Crippen LogP contribution is -2.38. The Labute approximate surface area is 215 Å². The Kier molecular flexibility index (Phi) is 9.07. The Hall–Kier alpha value is -3.69. The van der Waals surface area contributed by atoms with Crippen LogP contribution < -0.4 is 11.1 Å². The van der Waals surface area contributed by atoms with Gasteiger partial charge in [-0.3, -0.25) is 14.5 Å². The van der Waals surface area contributed by atoms with Gasteiger partial charge >= 0.3 is 5.76 Å². The summed E-state index contributed by atoms with van der Waals surface area (Å²) in [6, 6.07) is 11.9. The molecule has 12 heteroatoms. The van der Waals surface area contributed by atoms with Crippen molar-refractivity contribution < 1.29 is 23.3 Å². The molecule has 1 fully saturated rings. The zero-order valence-electron chi connectivity index (χ0n) is 19.9. The van der Waals surface area contributed by atoms with Gasteiger partial charge in [0.1, 0.15) is 16.4 Å². The van der Waals surface area contributed by atoms with Crippen LogP contribution >= 0.6 is 0 Å². The molecule has 0 bridgehead atoms. The smallest absolute Gasteiger partial charge is 0.316 e. The first kappa shape index (κ1) is 27.9. The highest BCUT2D eigenvalue weighted by molar-refractivity contribution is 7.85. The fourth-order valence-corrected chi connectivity index (χ4v) is 5.32. The number of alkyl halides is 2. The Morgan fingerprint density at radius 3 is 2.54 bits per heavy atom. The molecule has 1 aliphatic carbocycles. The van der Waals surface area contributed by atoms with Crippen molar-refractivity contribution in [2.75, 3.05) is 5.32 Å². The second kappa shape index (κ2) is 12.0. The van der Waals surface area contributed by atoms with Gasteiger partial charge in [-0.2, -0.15) is 19.1 Å². The topological polar surface area (TPSA) is 158 Å². The highest BCUT2D eigenvalue weighted by atomic mass is 32.2. The van der Waals surface area contributed by atoms with Gasteiger partial charge in [0.2, 0.25) is 0 Å². The van der Waals surface area contributed by atoms with Crippen LogP contribution in [0, 0.1) is 17.2 Å². The summed E-state index contributed by atoms with van der Waals surface area (Å²) < 4.78 is 38.7. The summed E-state index contributed by atoms with van der Waals surface area (Å²) in [6.45, 7) is 0. The molecule has 0 radical (unpaired) electrons. The van der Waals surface area contributed by atoms with E-state index in [0.29, 0.717) is 11.6 Å². The third-order valence-corrected chi connectivity index (χ3v) is 7.73. The van der Waals surface area contributed by atoms with E-state index < -0.39 is 28.0 Å². The highest BCUT2D eigenvalue weighted by Gasteiger charge is 2.38. The van der Waals surface area contributed by atoms with Crippen molar-refractivity contribution in [2.45, 2.75) is 54.7 Å². The first-order chi connectivity index (χ1) is 17.3. The summed E-state index contributed by atoms with van der Waals surface area (Å²) in [5, 5.41) is 17.2. The van der Waals surface area contributed by atoms with Crippen molar-refractivity contribution in [1.29, 1.82) is 5.26 Å². The average molecular weight is 531 g/mol. The van der Waals surface area contributed by atoms with Gasteiger partial charge in [0.15, 0.2) is 5.82 Å². The number of carbonyl (C=O) groups excluding carboxylic acids is 1. The van der Waals surface area contributed by atoms with Crippen LogP contribution in [-0.2, 0) is 22.8 Å². The molecule has 37 heavy (non-hydrogen) atoms. The number of carbonyl (C=O) groups is 1. The third-order valence-electron chi connectivity index (χ3n) is 6.67. The van der Waals surface area contributed by atoms with Gasteiger partial charge in [0.05, 0.1) is 18.0 Å². The Morgan fingerprint density at radius 1 is 1.27 bits per heavy atom. The number of nitrogens with one attached hydrogen (secondary N) is 1. The molecule has 1 aliphatic rings. The van der Waals surface area contributed by atoms with Crippen molar-refractivity contribution in [1.82, 2.24) is 14.8 Å². The van der Waals surface area contributed by atoms with Crippen molar-refractivity contribution in [3.63, 3.8) is 0 Å². The molecule has 196 valence electrons. The number of benzene rings is 1. The molecule has 1 saturated carbocycles. The van der Waals surface area contributed by atoms with Crippen molar-refractivity contribution in [3.05, 3.63) is 66.1 Å². The molecule has 1 aromatic carbocycles. The highest BCUT2D eigenvalue weighted by Crippen LogP contribution is 2.41. The van der Waals surface area contributed by atoms with Gasteiger partial charge in [-0.05, 0) is 73.9 Å². The molecule has 2 aromatic heterocycles. The standard InChI is InChI=1S/C25H26F2N6O2S.H2O/c26-24(27)36(35)20-5-3-19(4-6-20)31-23-21(22(29)34)16-33(32-23)25(11-12-28)9-7-17(8-10-25)14-18-2-1-13-30-15-18;/h1-6,13,15-17,24H,7-11,14H2,(H2,29,34)(H,31,32);1H2. The molecule has 0 aliphatic heterocycles. The van der Waals surface area contributed by atoms with Crippen LogP contribution in [0.25, 0.3) is 0 Å². The fraction of sp³-hybridized carbons (Fsp3) is 0.360. The van der Waals surface area contributed by atoms with Crippen LogP contribution in [0.15, 0.2) is 59.9 Å². The summed E-state index contributed by atoms with van der Waals surface area (Å²) in [7, 11) is -2.41. The van der Waals surface area contributed by atoms with E-state index in [1.54, 1.807) is 17.1 Å². The largest absolute Gasteiger partial charge is 0.412 e. The number of aromatic nitrogens is 3. The van der Waals surface area contributed by atoms with E-state index in [-0.39, 0.29) is 28.2 Å². The molecule has 9 nitrogen and oxygen atoms in total. The molecular weight excluding hydrogens is 502 g/mol. The zero-order valence-corrected chi connectivity index (χ0v) is 20.8. The normalized spacial score (nSPS) is 20.0. The predicted octanol–water partition coefficient (Wildman–Crippen LogP) is 3.67. The Morgan fingerprint density at radius 2 is 1.97 bits per heavy atom. The van der Waals surface area contributed by atoms with E-state index in [9.17, 15) is 23.0 Å². The lowest BCUT2D eigenvalue weighted by atomic mass is 9.73. The van der Waals surface area contributed by atoms with Crippen LogP contribution in [0.4, 0.5) is 20.3 Å². The summed E-state index contributed by atoms with van der Waals surface area (Å²) in [5.41, 5.74) is 6.84. The maximum Gasteiger partial charge on any atom is 0.316 e. The molecule has 0 spiro atoms. The number of amides is 1. The summed E-state index contributed by atoms with van der Waals surface area (Å²) in [4.78, 5) is 16.4. The van der Waals surface area contributed by atoms with Crippen LogP contribution in [0.2, 0.25) is 0 Å². The second-order valence-corrected chi connectivity index (χ2v) is 10.4. The van der Waals surface area contributed by atoms with E-state index in [0.717, 1.165) is 32.1 Å². The van der Waals surface area contributed by atoms with Gasteiger partial charge < -0.3 is 16.5 Å². The number of halogens is 2. The quantitative estimate of drug-likeness (QED) is 0.429. The summed E-state index contributed by atoms with van der Waals surface area (Å²) in [5.74, 6) is -2.99. The Balaban J connectivity index is 0.00000380. The number of rotatable bonds is 9. The molecule has 4 rings (SSSR count). The van der Waals surface area contributed by atoms with Gasteiger partial charge in [-0.1, -0.05) is 6.07 Å². The maximum absolute atomic E-state index is 12.7. The molecule has 5 N–H and O–H groups in total. The summed E-state index contributed by atoms with van der Waals surface area (Å²) in [6.07, 6.45) is 9.59. The first-order valence-electron chi connectivity index (χ1n) is 11.5. The van der Waals surface area contributed by atoms with Gasteiger partial charge in [0, 0.05) is 29.2 Å². The van der Waals surface area contributed by atoms with E-state index in [4.69, 9.17) is 5.73 Å². The number of nitrogens with two attached hydrogens (primary N) is 1. The minimum absolute atomic E-state index is 0. The van der Waals surface area contributed by atoms with E-state index in [2.05, 4.69) is 27.5 Å². The van der Waals surface area contributed by atoms with Crippen LogP contribution in [0.1, 0.15) is 48.0 Å². The van der Waals surface area contributed by atoms with Gasteiger partial charge in [-0.15, -0.1) is 0 Å². The van der Waals surface area contributed by atoms with Crippen molar-refractivity contribution >= 4 is 28.2 Å². The number of pyridine rings is 1. The molecule has 2 heterocycles. The fourth-order valence-electron chi connectivity index (χ4n) is 4.71. The Bertz CT molecular complexity index is 1270. The van der Waals surface area contributed by atoms with E-state index >= 15 is 0 Å². The second-order valence-electron chi connectivity index (χ2n) is 8.98. The van der Waals surface area contributed by atoms with Gasteiger partial charge in [0.25, 0.3) is 5.91 Å². The number of primary amides is 1. The van der Waals surface area contributed by atoms with Crippen molar-refractivity contribution in [2.24, 2.45) is 11.7 Å². The molecule has 1 amide bonds. The lowest BCUT2D eigenvalue weighted by molar-refractivity contribution is 0.1000. The number of hydrogen-bond acceptors (Lipinski definition) is 6. The summed E-state index contributed by atoms with van der Waals surface area (Å²) >= 11 is 0. The monoisotopic (exact) mass is 530 g/mol. The first-order valence-corrected chi connectivity index (χ1v) is 12.7. The van der Waals surface area contributed by atoms with Gasteiger partial charge in [-0.25, -0.2) is 4.21 Å². The number of nitriles is 1. The molecule has 1 atom stereocenters. The maximum atomic E-state index is 12.7. The lowest BCUT2D eigenvalue weighted by Gasteiger charge is -2.39. The third kappa shape index (κ3) is 6.36. The number of anilines is 2. The molecule has 3 aromatic rings. The number of hydrogen-bond donors (Lipinski definition) is 2. The van der Waals surface area contributed by atoms with Crippen LogP contribution in [0.5, 0.6) is 0 Å². The SMILES string of the molecule is N#CCC1(n2cc(C(N)=O)c(Nc3ccc(S(=O)C(F)F)cc3)n2)CCC(Cc2cccnc2)CC1.O. The van der Waals surface area contributed by atoms with E-state index in [1.165, 1.54) is 29.8 Å². The predicted molar refractivity (Wildman–Crippen MR) is 135 cm³/mol. The molecule has 1 unspecified atom stereocenters. The molecular formula is C25H28F2N6O3S. The minimum atomic E-state index is -2.98. The number of nitrogens with zero attached hydrogens (tertiary/aromatic N) is 4. The average Bonchev–Trinajstić information content (AvgIpc) is 3.31. The van der Waals surface area contributed by atoms with E-state index in [1.807, 2.05) is 12.3 Å². The van der Waals surface area contributed by atoms with Crippen LogP contribution in [-0.4, -0.2) is 36.1 Å². The van der Waals surface area contributed by atoms with Crippen LogP contribution in [0.3, 0.4) is 0 Å². The molecule has 0 saturated heterocycles. The minimum Gasteiger partial charge on any atom is -0.412 e.